The van der Waals surface area contributed by atoms with Gasteiger partial charge in [0.15, 0.2) is 0 Å². The van der Waals surface area contributed by atoms with E-state index in [1.165, 1.54) is 19.3 Å². The molecule has 3 heterocycles. The Labute approximate surface area is 258 Å². The summed E-state index contributed by atoms with van der Waals surface area (Å²) in [6.45, 7) is 3.35. The fraction of sp³-hybridized carbons (Fsp3) is 0.290. The topological polar surface area (TPSA) is 128 Å². The highest BCUT2D eigenvalue weighted by Gasteiger charge is 2.24. The lowest BCUT2D eigenvalue weighted by Crippen LogP contribution is -2.46. The molecule has 1 amide bonds. The van der Waals surface area contributed by atoms with Gasteiger partial charge in [-0.2, -0.15) is 5.10 Å². The van der Waals surface area contributed by atoms with E-state index in [1.54, 1.807) is 25.3 Å². The third-order valence-corrected chi connectivity index (χ3v) is 8.25. The second-order valence-corrected chi connectivity index (χ2v) is 10.9. The highest BCUT2D eigenvalue weighted by atomic mass is 35.5. The van der Waals surface area contributed by atoms with Crippen LogP contribution in [0.15, 0.2) is 59.5 Å². The highest BCUT2D eigenvalue weighted by Crippen LogP contribution is 2.41. The Kier molecular flexibility index (Phi) is 9.43. The molecule has 43 heavy (non-hydrogen) atoms. The molecule has 1 saturated heterocycles. The Balaban J connectivity index is 1.44. The minimum absolute atomic E-state index is 0.0584. The molecule has 2 aromatic carbocycles. The van der Waals surface area contributed by atoms with Crippen molar-refractivity contribution in [2.24, 2.45) is 7.05 Å². The highest BCUT2D eigenvalue weighted by molar-refractivity contribution is 6.39. The zero-order chi connectivity index (χ0) is 30.7. The molecule has 10 nitrogen and oxygen atoms in total. The maximum atomic E-state index is 12.9. The third-order valence-electron chi connectivity index (χ3n) is 7.43. The van der Waals surface area contributed by atoms with Gasteiger partial charge in [0.1, 0.15) is 5.56 Å². The number of nitrogens with zero attached hydrogens (tertiary/aromatic N) is 3. The predicted molar refractivity (Wildman–Crippen MR) is 166 cm³/mol. The number of anilines is 1. The number of halogens is 2. The van der Waals surface area contributed by atoms with Gasteiger partial charge in [-0.15, -0.1) is 0 Å². The number of methoxy groups -OCH3 is 1. The van der Waals surface area contributed by atoms with Gasteiger partial charge in [-0.1, -0.05) is 53.5 Å². The number of aromatic nitrogens is 3. The zero-order valence-electron chi connectivity index (χ0n) is 23.9. The molecule has 2 aromatic heterocycles. The molecule has 1 fully saturated rings. The summed E-state index contributed by atoms with van der Waals surface area (Å²) in [6, 6.07) is 14.0. The van der Waals surface area contributed by atoms with Gasteiger partial charge >= 0.3 is 0 Å². The molecule has 0 aliphatic carbocycles. The number of hydrogen-bond acceptors (Lipinski definition) is 8. The number of pyridine rings is 1. The largest absolute Gasteiger partial charge is 0.481 e. The molecule has 4 aromatic rings. The molecule has 0 unspecified atom stereocenters. The molecule has 0 saturated carbocycles. The summed E-state index contributed by atoms with van der Waals surface area (Å²) in [5.41, 5.74) is 4.09. The van der Waals surface area contributed by atoms with Crippen LogP contribution in [0.2, 0.25) is 10.0 Å². The quantitative estimate of drug-likeness (QED) is 0.259. The van der Waals surface area contributed by atoms with Gasteiger partial charge in [0.25, 0.3) is 11.5 Å². The number of rotatable bonds is 8. The summed E-state index contributed by atoms with van der Waals surface area (Å²) in [5, 5.41) is 20.9. The van der Waals surface area contributed by atoms with Gasteiger partial charge in [-0.05, 0) is 37.1 Å². The van der Waals surface area contributed by atoms with E-state index < -0.39 is 17.6 Å². The van der Waals surface area contributed by atoms with E-state index >= 15 is 0 Å². The van der Waals surface area contributed by atoms with Crippen molar-refractivity contribution in [3.63, 3.8) is 0 Å². The van der Waals surface area contributed by atoms with Crippen LogP contribution >= 0.6 is 23.2 Å². The Hall–Kier alpha value is -3.80. The van der Waals surface area contributed by atoms with E-state index in [0.29, 0.717) is 65.2 Å². The number of hydrogen-bond donors (Lipinski definition) is 3. The van der Waals surface area contributed by atoms with Crippen LogP contribution in [0.1, 0.15) is 27.9 Å². The molecule has 224 valence electrons. The number of aliphatic hydroxyl groups is 1. The summed E-state index contributed by atoms with van der Waals surface area (Å²) in [6.07, 6.45) is 1.52. The summed E-state index contributed by atoms with van der Waals surface area (Å²) >= 11 is 13.8. The van der Waals surface area contributed by atoms with Gasteiger partial charge in [0, 0.05) is 54.7 Å². The first kappa shape index (κ1) is 30.7. The first-order valence-corrected chi connectivity index (χ1v) is 14.4. The van der Waals surface area contributed by atoms with Crippen LogP contribution in [-0.2, 0) is 18.3 Å². The van der Waals surface area contributed by atoms with Crippen molar-refractivity contribution in [1.29, 1.82) is 0 Å². The molecule has 1 aliphatic heterocycles. The molecule has 12 heteroatoms. The van der Waals surface area contributed by atoms with Crippen molar-refractivity contribution in [2.75, 3.05) is 25.6 Å². The lowest BCUT2D eigenvalue weighted by Gasteiger charge is -2.29. The number of nitrogens with one attached hydrogen (secondary N) is 2. The number of carbonyl (C=O) groups is 1. The van der Waals surface area contributed by atoms with Crippen LogP contribution in [0.3, 0.4) is 0 Å². The summed E-state index contributed by atoms with van der Waals surface area (Å²) < 4.78 is 12.1. The number of aliphatic hydroxyl groups excluding tert-OH is 1. The Bertz CT molecular complexity index is 1730. The molecule has 3 N–H and O–H groups in total. The summed E-state index contributed by atoms with van der Waals surface area (Å²) in [5.74, 6) is -0.148. The maximum Gasteiger partial charge on any atom is 0.279 e. The number of benzene rings is 2. The van der Waals surface area contributed by atoms with Crippen LogP contribution < -0.4 is 20.9 Å². The van der Waals surface area contributed by atoms with E-state index in [-0.39, 0.29) is 16.6 Å². The average molecular weight is 625 g/mol. The first-order chi connectivity index (χ1) is 20.7. The maximum absolute atomic E-state index is 12.9. The second-order valence-electron chi connectivity index (χ2n) is 10.2. The van der Waals surface area contributed by atoms with E-state index in [1.807, 2.05) is 31.2 Å². The monoisotopic (exact) mass is 623 g/mol. The SMILES string of the molecule is COc1nc(-c2cccc(-c3cccc(NC(=O)c4ccnn(C)c4=O)c3Cl)c2Cl)cc(C)c1CN[C@@H]1CCOC[C@@H]1O. The molecular weight excluding hydrogens is 593 g/mol. The number of aryl methyl sites for hydroxylation is 2. The summed E-state index contributed by atoms with van der Waals surface area (Å²) in [4.78, 5) is 30.0. The van der Waals surface area contributed by atoms with E-state index in [2.05, 4.69) is 15.7 Å². The minimum atomic E-state index is -0.602. The number of amides is 1. The molecule has 0 bridgehead atoms. The van der Waals surface area contributed by atoms with Gasteiger partial charge in [-0.3, -0.25) is 9.59 Å². The van der Waals surface area contributed by atoms with Crippen molar-refractivity contribution >= 4 is 34.8 Å². The van der Waals surface area contributed by atoms with Gasteiger partial charge in [0.05, 0.1) is 41.2 Å². The summed E-state index contributed by atoms with van der Waals surface area (Å²) in [7, 11) is 3.04. The van der Waals surface area contributed by atoms with Crippen LogP contribution in [0.25, 0.3) is 22.4 Å². The minimum Gasteiger partial charge on any atom is -0.481 e. The number of carbonyl (C=O) groups excluding carboxylic acids is 1. The van der Waals surface area contributed by atoms with Gasteiger partial charge < -0.3 is 25.2 Å². The Morgan fingerprint density at radius 2 is 1.86 bits per heavy atom. The molecule has 0 radical (unpaired) electrons. The van der Waals surface area contributed by atoms with Gasteiger partial charge in [0.2, 0.25) is 5.88 Å². The van der Waals surface area contributed by atoms with Crippen LogP contribution in [0.4, 0.5) is 5.69 Å². The van der Waals surface area contributed by atoms with Crippen LogP contribution in [0, 0.1) is 6.92 Å². The molecule has 5 rings (SSSR count). The smallest absolute Gasteiger partial charge is 0.279 e. The van der Waals surface area contributed by atoms with Crippen molar-refractivity contribution in [2.45, 2.75) is 32.0 Å². The number of ether oxygens (including phenoxy) is 2. The third kappa shape index (κ3) is 6.43. The standard InChI is InChI=1S/C31H31Cl2N5O5/c1-17-14-25(37-30(42-3)22(17)15-34-23-11-13-43-16-26(23)39)20-8-4-6-18(27(20)32)19-7-5-9-24(28(19)33)36-29(40)21-10-12-35-38(2)31(21)41/h4-10,12,14,23,26,34,39H,11,13,15-16H2,1-3H3,(H,36,40)/t23-,26+/m1/s1. The Morgan fingerprint density at radius 3 is 2.60 bits per heavy atom. The van der Waals surface area contributed by atoms with E-state index in [9.17, 15) is 14.7 Å². The second kappa shape index (κ2) is 13.2. The van der Waals surface area contributed by atoms with E-state index in [0.717, 1.165) is 15.8 Å². The predicted octanol–water partition coefficient (Wildman–Crippen LogP) is 4.62. The van der Waals surface area contributed by atoms with Crippen molar-refractivity contribution in [3.8, 4) is 28.3 Å². The molecule has 2 atom stereocenters. The lowest BCUT2D eigenvalue weighted by molar-refractivity contribution is -0.0281. The Morgan fingerprint density at radius 1 is 1.14 bits per heavy atom. The van der Waals surface area contributed by atoms with Crippen LogP contribution in [0.5, 0.6) is 5.88 Å². The zero-order valence-corrected chi connectivity index (χ0v) is 25.4. The average Bonchev–Trinajstić information content (AvgIpc) is 2.99. The fourth-order valence-corrected chi connectivity index (χ4v) is 5.63. The molecule has 1 aliphatic rings. The normalized spacial score (nSPS) is 16.6. The van der Waals surface area contributed by atoms with Gasteiger partial charge in [-0.25, -0.2) is 9.67 Å². The molecular formula is C31H31Cl2N5O5. The molecule has 0 spiro atoms. The van der Waals surface area contributed by atoms with Crippen molar-refractivity contribution in [1.82, 2.24) is 20.1 Å². The lowest BCUT2D eigenvalue weighted by atomic mass is 9.99. The van der Waals surface area contributed by atoms with Crippen molar-refractivity contribution < 1.29 is 19.4 Å². The first-order valence-electron chi connectivity index (χ1n) is 13.6. The fourth-order valence-electron chi connectivity index (χ4n) is 5.03. The van der Waals surface area contributed by atoms with Crippen molar-refractivity contribution in [3.05, 3.63) is 91.8 Å². The van der Waals surface area contributed by atoms with E-state index in [4.69, 9.17) is 37.7 Å². The van der Waals surface area contributed by atoms with Crippen LogP contribution in [-0.4, -0.2) is 58.2 Å².